The Labute approximate surface area is 101 Å². The molecule has 1 rings (SSSR count). The zero-order chi connectivity index (χ0) is 13.8. The quantitative estimate of drug-likeness (QED) is 0.441. The highest BCUT2D eigenvalue weighted by Crippen LogP contribution is 2.32. The summed E-state index contributed by atoms with van der Waals surface area (Å²) in [5, 5.41) is 0. The zero-order valence-corrected chi connectivity index (χ0v) is 9.27. The van der Waals surface area contributed by atoms with Crippen LogP contribution in [0.1, 0.15) is 17.5 Å². The number of carbonyl (C=O) groups excluding carboxylic acids is 1. The van der Waals surface area contributed by atoms with E-state index >= 15 is 0 Å². The first-order valence-electron chi connectivity index (χ1n) is 4.77. The van der Waals surface area contributed by atoms with E-state index in [4.69, 9.17) is 0 Å². The molecule has 0 N–H and O–H groups in total. The van der Waals surface area contributed by atoms with Gasteiger partial charge in [0.1, 0.15) is 6.42 Å². The Hall–Kier alpha value is -2.03. The maximum Gasteiger partial charge on any atom is 0.419 e. The standard InChI is InChI=1S/C12H8F4O2/c1-18-10(17)7-3-5-8-4-2-6-9(11(8)13)12(14,15)16/h2,4,6H,7H2,1H3. The van der Waals surface area contributed by atoms with E-state index in [9.17, 15) is 22.4 Å². The van der Waals surface area contributed by atoms with Crippen LogP contribution in [0.4, 0.5) is 17.6 Å². The molecule has 0 saturated heterocycles. The lowest BCUT2D eigenvalue weighted by Gasteiger charge is -2.08. The molecule has 0 unspecified atom stereocenters. The number of alkyl halides is 3. The number of rotatable bonds is 1. The number of carbonyl (C=O) groups is 1. The highest BCUT2D eigenvalue weighted by Gasteiger charge is 2.34. The SMILES string of the molecule is COC(=O)CC#Cc1cccc(C(F)(F)F)c1F. The van der Waals surface area contributed by atoms with Crippen LogP contribution < -0.4 is 0 Å². The Morgan fingerprint density at radius 1 is 1.39 bits per heavy atom. The topological polar surface area (TPSA) is 26.3 Å². The second-order valence-corrected chi connectivity index (χ2v) is 3.22. The Morgan fingerprint density at radius 2 is 2.06 bits per heavy atom. The fraction of sp³-hybridized carbons (Fsp3) is 0.250. The number of ether oxygens (including phenoxy) is 1. The van der Waals surface area contributed by atoms with Gasteiger partial charge in [-0.1, -0.05) is 17.9 Å². The largest absolute Gasteiger partial charge is 0.468 e. The van der Waals surface area contributed by atoms with E-state index in [2.05, 4.69) is 16.6 Å². The predicted octanol–water partition coefficient (Wildman–Crippen LogP) is 2.76. The van der Waals surface area contributed by atoms with Crippen molar-refractivity contribution in [3.05, 3.63) is 35.1 Å². The van der Waals surface area contributed by atoms with Crippen LogP contribution in [-0.2, 0) is 15.7 Å². The smallest absolute Gasteiger partial charge is 0.419 e. The molecule has 0 bridgehead atoms. The Kier molecular flexibility index (Phi) is 4.32. The average molecular weight is 260 g/mol. The van der Waals surface area contributed by atoms with Gasteiger partial charge in [0.05, 0.1) is 18.2 Å². The van der Waals surface area contributed by atoms with E-state index in [1.165, 1.54) is 0 Å². The van der Waals surface area contributed by atoms with Gasteiger partial charge < -0.3 is 4.74 Å². The van der Waals surface area contributed by atoms with E-state index in [0.29, 0.717) is 6.07 Å². The molecule has 0 aliphatic carbocycles. The van der Waals surface area contributed by atoms with E-state index in [1.807, 2.05) is 0 Å². The summed E-state index contributed by atoms with van der Waals surface area (Å²) >= 11 is 0. The molecule has 0 aromatic heterocycles. The average Bonchev–Trinajstić information content (AvgIpc) is 2.29. The number of halogens is 4. The van der Waals surface area contributed by atoms with Crippen LogP contribution in [0.3, 0.4) is 0 Å². The third kappa shape index (κ3) is 3.48. The van der Waals surface area contributed by atoms with Gasteiger partial charge in [0, 0.05) is 0 Å². The number of hydrogen-bond acceptors (Lipinski definition) is 2. The monoisotopic (exact) mass is 260 g/mol. The maximum atomic E-state index is 13.4. The van der Waals surface area contributed by atoms with Crippen molar-refractivity contribution in [1.29, 1.82) is 0 Å². The molecule has 1 aromatic rings. The predicted molar refractivity (Wildman–Crippen MR) is 54.9 cm³/mol. The van der Waals surface area contributed by atoms with Gasteiger partial charge in [-0.15, -0.1) is 0 Å². The van der Waals surface area contributed by atoms with Gasteiger partial charge in [-0.3, -0.25) is 4.79 Å². The van der Waals surface area contributed by atoms with Crippen molar-refractivity contribution in [1.82, 2.24) is 0 Å². The van der Waals surface area contributed by atoms with Crippen molar-refractivity contribution >= 4 is 5.97 Å². The summed E-state index contributed by atoms with van der Waals surface area (Å²) in [7, 11) is 1.15. The molecule has 0 atom stereocenters. The van der Waals surface area contributed by atoms with Crippen LogP contribution in [0.2, 0.25) is 0 Å². The molecule has 1 aromatic carbocycles. The first-order valence-corrected chi connectivity index (χ1v) is 4.77. The summed E-state index contributed by atoms with van der Waals surface area (Å²) in [6, 6.07) is 2.78. The Morgan fingerprint density at radius 3 is 2.61 bits per heavy atom. The first-order chi connectivity index (χ1) is 8.36. The van der Waals surface area contributed by atoms with Gasteiger partial charge >= 0.3 is 12.1 Å². The summed E-state index contributed by atoms with van der Waals surface area (Å²) in [4.78, 5) is 10.7. The van der Waals surface area contributed by atoms with Crippen LogP contribution in [0.15, 0.2) is 18.2 Å². The third-order valence-electron chi connectivity index (χ3n) is 1.99. The number of benzene rings is 1. The molecular formula is C12H8F4O2. The minimum atomic E-state index is -4.77. The Bertz CT molecular complexity index is 509. The molecular weight excluding hydrogens is 252 g/mol. The minimum Gasteiger partial charge on any atom is -0.468 e. The molecule has 0 fully saturated rings. The van der Waals surface area contributed by atoms with E-state index in [-0.39, 0.29) is 6.42 Å². The molecule has 0 saturated carbocycles. The number of esters is 1. The second kappa shape index (κ2) is 5.54. The van der Waals surface area contributed by atoms with Gasteiger partial charge in [-0.25, -0.2) is 4.39 Å². The normalized spacial score (nSPS) is 10.5. The van der Waals surface area contributed by atoms with Crippen LogP contribution in [0.5, 0.6) is 0 Å². The molecule has 6 heteroatoms. The fourth-order valence-electron chi connectivity index (χ4n) is 1.13. The van der Waals surface area contributed by atoms with Crippen molar-refractivity contribution < 1.29 is 27.1 Å². The molecule has 0 heterocycles. The molecule has 0 aliphatic rings. The lowest BCUT2D eigenvalue weighted by atomic mass is 10.1. The van der Waals surface area contributed by atoms with Crippen LogP contribution in [0.25, 0.3) is 0 Å². The second-order valence-electron chi connectivity index (χ2n) is 3.22. The van der Waals surface area contributed by atoms with Gasteiger partial charge in [-0.05, 0) is 12.1 Å². The molecule has 96 valence electrons. The minimum absolute atomic E-state index is 0.313. The van der Waals surface area contributed by atoms with E-state index in [1.54, 1.807) is 0 Å². The lowest BCUT2D eigenvalue weighted by molar-refractivity contribution is -0.140. The van der Waals surface area contributed by atoms with Crippen molar-refractivity contribution in [2.45, 2.75) is 12.6 Å². The van der Waals surface area contributed by atoms with E-state index in [0.717, 1.165) is 19.2 Å². The third-order valence-corrected chi connectivity index (χ3v) is 1.99. The number of hydrogen-bond donors (Lipinski definition) is 0. The zero-order valence-electron chi connectivity index (χ0n) is 9.27. The van der Waals surface area contributed by atoms with Gasteiger partial charge in [0.2, 0.25) is 0 Å². The summed E-state index contributed by atoms with van der Waals surface area (Å²) in [6.07, 6.45) is -5.09. The fourth-order valence-corrected chi connectivity index (χ4v) is 1.13. The van der Waals surface area contributed by atoms with Crippen molar-refractivity contribution in [2.24, 2.45) is 0 Å². The van der Waals surface area contributed by atoms with E-state index < -0.39 is 29.1 Å². The van der Waals surface area contributed by atoms with Crippen molar-refractivity contribution in [2.75, 3.05) is 7.11 Å². The maximum absolute atomic E-state index is 13.4. The summed E-state index contributed by atoms with van der Waals surface area (Å²) in [6.45, 7) is 0. The summed E-state index contributed by atoms with van der Waals surface area (Å²) in [5.41, 5.74) is -1.79. The van der Waals surface area contributed by atoms with Gasteiger partial charge in [-0.2, -0.15) is 13.2 Å². The number of methoxy groups -OCH3 is 1. The first kappa shape index (κ1) is 14.0. The molecule has 0 aliphatic heterocycles. The van der Waals surface area contributed by atoms with Crippen LogP contribution in [-0.4, -0.2) is 13.1 Å². The van der Waals surface area contributed by atoms with Crippen LogP contribution in [0, 0.1) is 17.7 Å². The molecule has 0 amide bonds. The van der Waals surface area contributed by atoms with Crippen molar-refractivity contribution in [3.8, 4) is 11.8 Å². The lowest BCUT2D eigenvalue weighted by Crippen LogP contribution is -2.09. The molecule has 0 radical (unpaired) electrons. The summed E-state index contributed by atoms with van der Waals surface area (Å²) in [5.74, 6) is 2.32. The summed E-state index contributed by atoms with van der Waals surface area (Å²) < 4.78 is 54.8. The van der Waals surface area contributed by atoms with Gasteiger partial charge in [0.15, 0.2) is 5.82 Å². The highest BCUT2D eigenvalue weighted by molar-refractivity contribution is 5.72. The Balaban J connectivity index is 3.02. The molecule has 2 nitrogen and oxygen atoms in total. The van der Waals surface area contributed by atoms with Crippen LogP contribution >= 0.6 is 0 Å². The molecule has 0 spiro atoms. The van der Waals surface area contributed by atoms with Gasteiger partial charge in [0.25, 0.3) is 0 Å². The van der Waals surface area contributed by atoms with Crippen molar-refractivity contribution in [3.63, 3.8) is 0 Å². The highest BCUT2D eigenvalue weighted by atomic mass is 19.4. The molecule has 18 heavy (non-hydrogen) atoms.